The molecule has 0 spiro atoms. The minimum Gasteiger partial charge on any atom is -0.481 e. The van der Waals surface area contributed by atoms with Gasteiger partial charge >= 0.3 is 5.97 Å². The molecule has 1 heterocycles. The van der Waals surface area contributed by atoms with Crippen LogP contribution in [0, 0.1) is 11.7 Å². The summed E-state index contributed by atoms with van der Waals surface area (Å²) in [4.78, 5) is 11.0. The van der Waals surface area contributed by atoms with Crippen molar-refractivity contribution in [1.82, 2.24) is 20.2 Å². The average molecular weight is 311 g/mol. The molecule has 1 aromatic carbocycles. The monoisotopic (exact) mass is 310 g/mol. The standard InChI is InChI=1S/C13H12ClFN4O2/c14-8-3-4-10(15)9(5-8)13-16-17-18-19(13)11(6-12(20)21)7-1-2-7/h3-5,7,11H,1-2,6H2,(H,20,21). The zero-order valence-electron chi connectivity index (χ0n) is 10.9. The maximum absolute atomic E-state index is 14.0. The van der Waals surface area contributed by atoms with Crippen LogP contribution in [0.4, 0.5) is 4.39 Å². The van der Waals surface area contributed by atoms with E-state index in [1.165, 1.54) is 22.9 Å². The van der Waals surface area contributed by atoms with Crippen molar-refractivity contribution in [3.8, 4) is 11.4 Å². The first kappa shape index (κ1) is 13.9. The minimum atomic E-state index is -0.931. The van der Waals surface area contributed by atoms with Crippen LogP contribution in [0.3, 0.4) is 0 Å². The summed E-state index contributed by atoms with van der Waals surface area (Å²) >= 11 is 5.89. The van der Waals surface area contributed by atoms with Crippen LogP contribution < -0.4 is 0 Å². The van der Waals surface area contributed by atoms with Gasteiger partial charge in [-0.2, -0.15) is 0 Å². The van der Waals surface area contributed by atoms with Crippen molar-refractivity contribution in [2.45, 2.75) is 25.3 Å². The van der Waals surface area contributed by atoms with Crippen LogP contribution in [-0.4, -0.2) is 31.3 Å². The van der Waals surface area contributed by atoms with Crippen molar-refractivity contribution in [1.29, 1.82) is 0 Å². The molecule has 6 nitrogen and oxygen atoms in total. The van der Waals surface area contributed by atoms with Crippen molar-refractivity contribution in [2.24, 2.45) is 5.92 Å². The Bertz CT molecular complexity index is 687. The van der Waals surface area contributed by atoms with Crippen LogP contribution in [-0.2, 0) is 4.79 Å². The van der Waals surface area contributed by atoms with E-state index in [1.54, 1.807) is 0 Å². The minimum absolute atomic E-state index is 0.0924. The van der Waals surface area contributed by atoms with E-state index in [4.69, 9.17) is 16.7 Å². The molecular weight excluding hydrogens is 299 g/mol. The molecule has 1 aromatic heterocycles. The molecule has 0 radical (unpaired) electrons. The average Bonchev–Trinajstić information content (AvgIpc) is 3.16. The highest BCUT2D eigenvalue weighted by Gasteiger charge is 2.36. The van der Waals surface area contributed by atoms with E-state index in [0.717, 1.165) is 12.8 Å². The quantitative estimate of drug-likeness (QED) is 0.918. The van der Waals surface area contributed by atoms with Crippen LogP contribution >= 0.6 is 11.6 Å². The van der Waals surface area contributed by atoms with E-state index >= 15 is 0 Å². The molecule has 1 aliphatic rings. The number of rotatable bonds is 5. The Balaban J connectivity index is 2.03. The fourth-order valence-electron chi connectivity index (χ4n) is 2.38. The molecule has 21 heavy (non-hydrogen) atoms. The number of halogens is 2. The molecule has 0 bridgehead atoms. The van der Waals surface area contributed by atoms with Gasteiger partial charge in [-0.05, 0) is 47.4 Å². The number of nitrogens with zero attached hydrogens (tertiary/aromatic N) is 4. The van der Waals surface area contributed by atoms with Crippen LogP contribution in [0.1, 0.15) is 25.3 Å². The number of aliphatic carboxylic acids is 1. The Hall–Kier alpha value is -2.02. The predicted molar refractivity (Wildman–Crippen MR) is 72.2 cm³/mol. The normalized spacial score (nSPS) is 15.9. The van der Waals surface area contributed by atoms with E-state index in [2.05, 4.69) is 15.5 Å². The lowest BCUT2D eigenvalue weighted by Crippen LogP contribution is -2.18. The Labute approximate surface area is 124 Å². The van der Waals surface area contributed by atoms with Crippen molar-refractivity contribution in [2.75, 3.05) is 0 Å². The zero-order chi connectivity index (χ0) is 15.0. The number of hydrogen-bond acceptors (Lipinski definition) is 4. The van der Waals surface area contributed by atoms with Gasteiger partial charge in [-0.15, -0.1) is 5.10 Å². The molecule has 1 N–H and O–H groups in total. The van der Waals surface area contributed by atoms with Gasteiger partial charge in [0, 0.05) is 5.02 Å². The second-order valence-electron chi connectivity index (χ2n) is 5.07. The summed E-state index contributed by atoms with van der Waals surface area (Å²) in [6, 6.07) is 3.74. The number of tetrazole rings is 1. The number of carbonyl (C=O) groups is 1. The summed E-state index contributed by atoms with van der Waals surface area (Å²) in [5.41, 5.74) is 0.170. The number of carboxylic acid groups (broad SMARTS) is 1. The van der Waals surface area contributed by atoms with E-state index in [9.17, 15) is 9.18 Å². The molecule has 0 saturated heterocycles. The number of benzene rings is 1. The Kier molecular flexibility index (Phi) is 3.59. The second kappa shape index (κ2) is 5.40. The van der Waals surface area contributed by atoms with E-state index in [0.29, 0.717) is 5.02 Å². The van der Waals surface area contributed by atoms with Gasteiger partial charge in [0.25, 0.3) is 0 Å². The maximum Gasteiger partial charge on any atom is 0.305 e. The summed E-state index contributed by atoms with van der Waals surface area (Å²) < 4.78 is 15.4. The summed E-state index contributed by atoms with van der Waals surface area (Å²) in [5, 5.41) is 20.7. The lowest BCUT2D eigenvalue weighted by atomic mass is 10.1. The lowest BCUT2D eigenvalue weighted by Gasteiger charge is -2.16. The van der Waals surface area contributed by atoms with E-state index in [1.807, 2.05) is 0 Å². The van der Waals surface area contributed by atoms with Crippen LogP contribution in [0.2, 0.25) is 5.02 Å². The third-order valence-electron chi connectivity index (χ3n) is 3.53. The molecule has 0 amide bonds. The largest absolute Gasteiger partial charge is 0.481 e. The van der Waals surface area contributed by atoms with Gasteiger partial charge < -0.3 is 5.11 Å². The molecule has 8 heteroatoms. The molecule has 3 rings (SSSR count). The summed E-state index contributed by atoms with van der Waals surface area (Å²) in [6.07, 6.45) is 1.76. The number of hydrogen-bond donors (Lipinski definition) is 1. The molecule has 1 fully saturated rings. The maximum atomic E-state index is 14.0. The Morgan fingerprint density at radius 2 is 2.29 bits per heavy atom. The third-order valence-corrected chi connectivity index (χ3v) is 3.76. The first-order valence-electron chi connectivity index (χ1n) is 6.51. The van der Waals surface area contributed by atoms with Crippen molar-refractivity contribution < 1.29 is 14.3 Å². The zero-order valence-corrected chi connectivity index (χ0v) is 11.7. The predicted octanol–water partition coefficient (Wildman–Crippen LogP) is 2.56. The smallest absolute Gasteiger partial charge is 0.305 e. The van der Waals surface area contributed by atoms with Gasteiger partial charge in [0.2, 0.25) is 0 Å². The fraction of sp³-hybridized carbons (Fsp3) is 0.385. The topological polar surface area (TPSA) is 80.9 Å². The lowest BCUT2D eigenvalue weighted by molar-refractivity contribution is -0.138. The summed E-state index contributed by atoms with van der Waals surface area (Å²) in [7, 11) is 0. The van der Waals surface area contributed by atoms with Gasteiger partial charge in [0.05, 0.1) is 18.0 Å². The van der Waals surface area contributed by atoms with Crippen molar-refractivity contribution >= 4 is 17.6 Å². The SMILES string of the molecule is O=C(O)CC(C1CC1)n1nnnc1-c1cc(Cl)ccc1F. The molecule has 2 aromatic rings. The third kappa shape index (κ3) is 2.87. The van der Waals surface area contributed by atoms with Crippen molar-refractivity contribution in [3.63, 3.8) is 0 Å². The van der Waals surface area contributed by atoms with Crippen LogP contribution in [0.25, 0.3) is 11.4 Å². The summed E-state index contributed by atoms with van der Waals surface area (Å²) in [5.74, 6) is -1.01. The van der Waals surface area contributed by atoms with Crippen LogP contribution in [0.15, 0.2) is 18.2 Å². The Morgan fingerprint density at radius 1 is 1.52 bits per heavy atom. The molecule has 110 valence electrons. The van der Waals surface area contributed by atoms with E-state index < -0.39 is 11.8 Å². The molecule has 1 aliphatic carbocycles. The molecule has 1 saturated carbocycles. The van der Waals surface area contributed by atoms with Gasteiger partial charge in [-0.25, -0.2) is 9.07 Å². The molecule has 0 aliphatic heterocycles. The summed E-state index contributed by atoms with van der Waals surface area (Å²) in [6.45, 7) is 0. The number of carboxylic acids is 1. The van der Waals surface area contributed by atoms with Gasteiger partial charge in [-0.3, -0.25) is 4.79 Å². The second-order valence-corrected chi connectivity index (χ2v) is 5.51. The highest BCUT2D eigenvalue weighted by atomic mass is 35.5. The fourth-order valence-corrected chi connectivity index (χ4v) is 2.55. The molecule has 1 unspecified atom stereocenters. The number of aromatic nitrogens is 4. The highest BCUT2D eigenvalue weighted by molar-refractivity contribution is 6.30. The first-order valence-corrected chi connectivity index (χ1v) is 6.89. The molecule has 1 atom stereocenters. The van der Waals surface area contributed by atoms with E-state index in [-0.39, 0.29) is 29.8 Å². The Morgan fingerprint density at radius 3 is 2.95 bits per heavy atom. The van der Waals surface area contributed by atoms with Gasteiger partial charge in [0.1, 0.15) is 5.82 Å². The molecular formula is C13H12ClFN4O2. The first-order chi connectivity index (χ1) is 10.1. The van der Waals surface area contributed by atoms with Gasteiger partial charge in [-0.1, -0.05) is 11.6 Å². The van der Waals surface area contributed by atoms with Crippen LogP contribution in [0.5, 0.6) is 0 Å². The van der Waals surface area contributed by atoms with Crippen molar-refractivity contribution in [3.05, 3.63) is 29.0 Å². The van der Waals surface area contributed by atoms with Gasteiger partial charge in [0.15, 0.2) is 5.82 Å². The highest BCUT2D eigenvalue weighted by Crippen LogP contribution is 2.42.